The van der Waals surface area contributed by atoms with Crippen LogP contribution in [0.5, 0.6) is 0 Å². The van der Waals surface area contributed by atoms with Crippen LogP contribution in [-0.2, 0) is 17.6 Å². The van der Waals surface area contributed by atoms with Crippen molar-refractivity contribution >= 4 is 5.91 Å². The summed E-state index contributed by atoms with van der Waals surface area (Å²) in [5, 5.41) is 3.32. The Morgan fingerprint density at radius 3 is 2.58 bits per heavy atom. The molecule has 0 bridgehead atoms. The molecule has 1 unspecified atom stereocenters. The van der Waals surface area contributed by atoms with Crippen LogP contribution in [0.15, 0.2) is 24.3 Å². The summed E-state index contributed by atoms with van der Waals surface area (Å²) in [6, 6.07) is 9.02. The van der Waals surface area contributed by atoms with E-state index in [1.807, 2.05) is 0 Å². The molecule has 1 N–H and O–H groups in total. The third kappa shape index (κ3) is 2.39. The molecule has 3 heteroatoms. The Bertz CT molecular complexity index is 445. The van der Waals surface area contributed by atoms with Crippen LogP contribution in [0.4, 0.5) is 0 Å². The van der Waals surface area contributed by atoms with Crippen molar-refractivity contribution in [2.75, 3.05) is 13.1 Å². The van der Waals surface area contributed by atoms with E-state index in [-0.39, 0.29) is 6.04 Å². The van der Waals surface area contributed by atoms with E-state index in [0.717, 1.165) is 38.8 Å². The number of carbonyl (C=O) groups is 1. The number of likely N-dealkylation sites (N-methyl/N-ethyl adjacent to an activating group) is 1. The lowest BCUT2D eigenvalue weighted by Crippen LogP contribution is -2.54. The van der Waals surface area contributed by atoms with Gasteiger partial charge in [-0.1, -0.05) is 31.2 Å². The monoisotopic (exact) mass is 258 g/mol. The Labute approximate surface area is 115 Å². The number of likely N-dealkylation sites (tertiary alicyclic amines) is 1. The van der Waals surface area contributed by atoms with Crippen LogP contribution < -0.4 is 5.32 Å². The largest absolute Gasteiger partial charge is 0.338 e. The first-order valence-electron chi connectivity index (χ1n) is 7.40. The highest BCUT2D eigenvalue weighted by Gasteiger charge is 2.35. The van der Waals surface area contributed by atoms with Gasteiger partial charge in [-0.05, 0) is 43.4 Å². The number of amides is 1. The first-order valence-corrected chi connectivity index (χ1v) is 7.40. The van der Waals surface area contributed by atoms with Crippen molar-refractivity contribution in [2.24, 2.45) is 0 Å². The summed E-state index contributed by atoms with van der Waals surface area (Å²) in [4.78, 5) is 14.6. The average molecular weight is 258 g/mol. The van der Waals surface area contributed by atoms with Crippen LogP contribution >= 0.6 is 0 Å². The van der Waals surface area contributed by atoms with Gasteiger partial charge in [0.25, 0.3) is 0 Å². The maximum absolute atomic E-state index is 12.5. The Kier molecular flexibility index (Phi) is 3.56. The molecule has 19 heavy (non-hydrogen) atoms. The number of rotatable bonds is 3. The molecule has 3 nitrogen and oxygen atoms in total. The second-order valence-corrected chi connectivity index (χ2v) is 5.61. The van der Waals surface area contributed by atoms with E-state index in [1.165, 1.54) is 11.1 Å². The van der Waals surface area contributed by atoms with Gasteiger partial charge in [-0.25, -0.2) is 0 Å². The third-order valence-electron chi connectivity index (χ3n) is 4.39. The molecule has 1 heterocycles. The van der Waals surface area contributed by atoms with Gasteiger partial charge in [0.2, 0.25) is 5.91 Å². The van der Waals surface area contributed by atoms with Crippen molar-refractivity contribution in [3.05, 3.63) is 35.4 Å². The minimum Gasteiger partial charge on any atom is -0.338 e. The van der Waals surface area contributed by atoms with Crippen molar-refractivity contribution in [1.82, 2.24) is 10.2 Å². The van der Waals surface area contributed by atoms with Crippen molar-refractivity contribution in [2.45, 2.75) is 44.7 Å². The van der Waals surface area contributed by atoms with Crippen LogP contribution in [0.1, 0.15) is 30.9 Å². The Morgan fingerprint density at radius 2 is 1.95 bits per heavy atom. The number of nitrogens with one attached hydrogen (secondary N) is 1. The fourth-order valence-corrected chi connectivity index (χ4v) is 3.45. The maximum atomic E-state index is 12.5. The molecule has 1 aliphatic heterocycles. The number of fused-ring (bicyclic) bond motifs is 1. The van der Waals surface area contributed by atoms with E-state index >= 15 is 0 Å². The fourth-order valence-electron chi connectivity index (χ4n) is 3.45. The summed E-state index contributed by atoms with van der Waals surface area (Å²) in [7, 11) is 0. The number of piperidine rings is 1. The van der Waals surface area contributed by atoms with E-state index in [9.17, 15) is 4.79 Å². The van der Waals surface area contributed by atoms with Gasteiger partial charge >= 0.3 is 0 Å². The molecule has 1 aliphatic carbocycles. The molecule has 0 aromatic heterocycles. The topological polar surface area (TPSA) is 32.3 Å². The molecule has 1 aromatic rings. The second kappa shape index (κ2) is 5.33. The van der Waals surface area contributed by atoms with E-state index in [2.05, 4.69) is 41.4 Å². The highest BCUT2D eigenvalue weighted by molar-refractivity contribution is 5.83. The lowest BCUT2D eigenvalue weighted by atomic mass is 10.0. The van der Waals surface area contributed by atoms with Gasteiger partial charge < -0.3 is 10.2 Å². The standard InChI is InChI=1S/C16H22N2O/c1-2-17-15-8-5-9-18(16(15)19)14-10-12-6-3-4-7-13(12)11-14/h3-4,6-7,14-15,17H,2,5,8-11H2,1H3. The first-order chi connectivity index (χ1) is 9.29. The molecule has 0 saturated carbocycles. The Morgan fingerprint density at radius 1 is 1.26 bits per heavy atom. The van der Waals surface area contributed by atoms with E-state index in [0.29, 0.717) is 11.9 Å². The summed E-state index contributed by atoms with van der Waals surface area (Å²) >= 11 is 0. The zero-order valence-electron chi connectivity index (χ0n) is 11.6. The number of benzene rings is 1. The van der Waals surface area contributed by atoms with Crippen molar-refractivity contribution in [1.29, 1.82) is 0 Å². The van der Waals surface area contributed by atoms with Crippen LogP contribution in [0, 0.1) is 0 Å². The minimum atomic E-state index is 0.0439. The quantitative estimate of drug-likeness (QED) is 0.896. The van der Waals surface area contributed by atoms with Crippen LogP contribution in [0.2, 0.25) is 0 Å². The minimum absolute atomic E-state index is 0.0439. The first kappa shape index (κ1) is 12.7. The van der Waals surface area contributed by atoms with Gasteiger partial charge in [0.05, 0.1) is 6.04 Å². The van der Waals surface area contributed by atoms with Crippen molar-refractivity contribution < 1.29 is 4.79 Å². The van der Waals surface area contributed by atoms with Gasteiger partial charge in [-0.3, -0.25) is 4.79 Å². The van der Waals surface area contributed by atoms with Crippen molar-refractivity contribution in [3.8, 4) is 0 Å². The number of hydrogen-bond acceptors (Lipinski definition) is 2. The summed E-state index contributed by atoms with van der Waals surface area (Å²) in [6.07, 6.45) is 4.17. The highest BCUT2D eigenvalue weighted by atomic mass is 16.2. The Hall–Kier alpha value is -1.35. The van der Waals surface area contributed by atoms with Crippen molar-refractivity contribution in [3.63, 3.8) is 0 Å². The molecule has 1 atom stereocenters. The molecular weight excluding hydrogens is 236 g/mol. The SMILES string of the molecule is CCNC1CCCN(C2Cc3ccccc3C2)C1=O. The molecule has 3 rings (SSSR count). The summed E-state index contributed by atoms with van der Waals surface area (Å²) in [5.74, 6) is 0.311. The predicted octanol–water partition coefficient (Wildman–Crippen LogP) is 1.75. The summed E-state index contributed by atoms with van der Waals surface area (Å²) < 4.78 is 0. The van der Waals surface area contributed by atoms with Crippen LogP contribution in [-0.4, -0.2) is 36.0 Å². The molecule has 1 fully saturated rings. The molecule has 0 spiro atoms. The van der Waals surface area contributed by atoms with E-state index in [4.69, 9.17) is 0 Å². The molecule has 2 aliphatic rings. The zero-order chi connectivity index (χ0) is 13.2. The maximum Gasteiger partial charge on any atom is 0.239 e. The molecule has 0 radical (unpaired) electrons. The van der Waals surface area contributed by atoms with E-state index < -0.39 is 0 Å². The van der Waals surface area contributed by atoms with Gasteiger partial charge in [0.15, 0.2) is 0 Å². The Balaban J connectivity index is 1.72. The molecule has 1 amide bonds. The second-order valence-electron chi connectivity index (χ2n) is 5.61. The van der Waals surface area contributed by atoms with Gasteiger partial charge in [-0.15, -0.1) is 0 Å². The van der Waals surface area contributed by atoms with E-state index in [1.54, 1.807) is 0 Å². The predicted molar refractivity (Wildman–Crippen MR) is 76.0 cm³/mol. The zero-order valence-corrected chi connectivity index (χ0v) is 11.6. The average Bonchev–Trinajstić information content (AvgIpc) is 2.85. The highest BCUT2D eigenvalue weighted by Crippen LogP contribution is 2.27. The fraction of sp³-hybridized carbons (Fsp3) is 0.562. The molecule has 102 valence electrons. The normalized spacial score (nSPS) is 23.7. The van der Waals surface area contributed by atoms with Gasteiger partial charge in [-0.2, -0.15) is 0 Å². The lowest BCUT2D eigenvalue weighted by Gasteiger charge is -2.36. The lowest BCUT2D eigenvalue weighted by molar-refractivity contribution is -0.138. The molecular formula is C16H22N2O. The van der Waals surface area contributed by atoms with Gasteiger partial charge in [0.1, 0.15) is 0 Å². The molecule has 1 aromatic carbocycles. The van der Waals surface area contributed by atoms with Gasteiger partial charge in [0, 0.05) is 12.6 Å². The smallest absolute Gasteiger partial charge is 0.239 e. The molecule has 1 saturated heterocycles. The van der Waals surface area contributed by atoms with Crippen LogP contribution in [0.3, 0.4) is 0 Å². The third-order valence-corrected chi connectivity index (χ3v) is 4.39. The number of hydrogen-bond donors (Lipinski definition) is 1. The number of nitrogens with zero attached hydrogens (tertiary/aromatic N) is 1. The number of carbonyl (C=O) groups excluding carboxylic acids is 1. The summed E-state index contributed by atoms with van der Waals surface area (Å²) in [6.45, 7) is 3.87. The summed E-state index contributed by atoms with van der Waals surface area (Å²) in [5.41, 5.74) is 2.84. The van der Waals surface area contributed by atoms with Crippen LogP contribution in [0.25, 0.3) is 0 Å².